The van der Waals surface area contributed by atoms with Crippen molar-refractivity contribution in [3.63, 3.8) is 0 Å². The molecule has 1 aromatic rings. The molecule has 6 heteroatoms. The number of nitrogens with zero attached hydrogens (tertiary/aromatic N) is 2. The molecule has 0 saturated carbocycles. The summed E-state index contributed by atoms with van der Waals surface area (Å²) >= 11 is 9.36. The number of likely N-dealkylation sites (N-methyl/N-ethyl adjacent to an activating group) is 1. The highest BCUT2D eigenvalue weighted by molar-refractivity contribution is 9.10. The zero-order chi connectivity index (χ0) is 15.4. The summed E-state index contributed by atoms with van der Waals surface area (Å²) < 4.78 is 6.66. The number of likely N-dealkylation sites (tertiary alicyclic amines) is 1. The maximum atomic E-state index is 9.85. The molecular weight excluding hydrogens is 356 g/mol. The highest BCUT2D eigenvalue weighted by Gasteiger charge is 2.30. The van der Waals surface area contributed by atoms with E-state index in [1.54, 1.807) is 0 Å². The molecule has 2 atom stereocenters. The standard InChI is InChI=1S/C15H22BrClN2O2/c1-18(2)9-12-8-13(20)10-19(12)5-6-21-15-4-3-11(17)7-14(15)16/h3-4,7,12-13,20H,5-6,8-10H2,1-2H3. The predicted octanol–water partition coefficient (Wildman–Crippen LogP) is 2.48. The number of hydrogen-bond acceptors (Lipinski definition) is 4. The zero-order valence-electron chi connectivity index (χ0n) is 12.4. The van der Waals surface area contributed by atoms with E-state index in [0.717, 1.165) is 36.3 Å². The number of benzene rings is 1. The van der Waals surface area contributed by atoms with Crippen LogP contribution in [0.5, 0.6) is 5.75 Å². The summed E-state index contributed by atoms with van der Waals surface area (Å²) in [5, 5.41) is 10.5. The SMILES string of the molecule is CN(C)CC1CC(O)CN1CCOc1ccc(Cl)cc1Br. The molecule has 0 amide bonds. The van der Waals surface area contributed by atoms with Crippen molar-refractivity contribution in [3.8, 4) is 5.75 Å². The highest BCUT2D eigenvalue weighted by atomic mass is 79.9. The van der Waals surface area contributed by atoms with Crippen LogP contribution in [0.4, 0.5) is 0 Å². The fourth-order valence-corrected chi connectivity index (χ4v) is 3.51. The Labute approximate surface area is 139 Å². The average molecular weight is 378 g/mol. The number of aliphatic hydroxyl groups is 1. The fraction of sp³-hybridized carbons (Fsp3) is 0.600. The first-order valence-electron chi connectivity index (χ1n) is 7.10. The highest BCUT2D eigenvalue weighted by Crippen LogP contribution is 2.28. The first-order chi connectivity index (χ1) is 9.95. The third-order valence-corrected chi connectivity index (χ3v) is 4.47. The van der Waals surface area contributed by atoms with Crippen molar-refractivity contribution in [1.82, 2.24) is 9.80 Å². The summed E-state index contributed by atoms with van der Waals surface area (Å²) in [4.78, 5) is 4.46. The van der Waals surface area contributed by atoms with E-state index in [4.69, 9.17) is 16.3 Å². The number of β-amino-alcohol motifs (C(OH)–C–C–N with tert-alkyl or cyclic N) is 1. The Morgan fingerprint density at radius 2 is 2.24 bits per heavy atom. The first kappa shape index (κ1) is 17.0. The Balaban J connectivity index is 1.84. The quantitative estimate of drug-likeness (QED) is 0.826. The smallest absolute Gasteiger partial charge is 0.133 e. The molecule has 0 radical (unpaired) electrons. The van der Waals surface area contributed by atoms with Gasteiger partial charge in [-0.05, 0) is 54.6 Å². The fourth-order valence-electron chi connectivity index (χ4n) is 2.71. The monoisotopic (exact) mass is 376 g/mol. The summed E-state index contributed by atoms with van der Waals surface area (Å²) in [6, 6.07) is 5.90. The molecule has 0 spiro atoms. The molecule has 1 aromatic carbocycles. The molecular formula is C15H22BrClN2O2. The van der Waals surface area contributed by atoms with E-state index in [-0.39, 0.29) is 6.10 Å². The van der Waals surface area contributed by atoms with Crippen molar-refractivity contribution in [3.05, 3.63) is 27.7 Å². The van der Waals surface area contributed by atoms with Gasteiger partial charge < -0.3 is 14.7 Å². The molecule has 2 rings (SSSR count). The summed E-state index contributed by atoms with van der Waals surface area (Å²) in [6.07, 6.45) is 0.611. The molecule has 4 nitrogen and oxygen atoms in total. The largest absolute Gasteiger partial charge is 0.491 e. The first-order valence-corrected chi connectivity index (χ1v) is 8.27. The van der Waals surface area contributed by atoms with Crippen molar-refractivity contribution in [2.24, 2.45) is 0 Å². The molecule has 21 heavy (non-hydrogen) atoms. The van der Waals surface area contributed by atoms with Gasteiger partial charge in [-0.3, -0.25) is 4.90 Å². The minimum atomic E-state index is -0.225. The third kappa shape index (κ3) is 5.11. The van der Waals surface area contributed by atoms with Crippen LogP contribution >= 0.6 is 27.5 Å². The van der Waals surface area contributed by atoms with Crippen LogP contribution < -0.4 is 4.74 Å². The molecule has 0 aromatic heterocycles. The summed E-state index contributed by atoms with van der Waals surface area (Å²) in [5.41, 5.74) is 0. The molecule has 1 N–H and O–H groups in total. The second kappa shape index (κ2) is 7.79. The van der Waals surface area contributed by atoms with E-state index in [1.165, 1.54) is 0 Å². The van der Waals surface area contributed by atoms with Crippen molar-refractivity contribution < 1.29 is 9.84 Å². The van der Waals surface area contributed by atoms with Gasteiger partial charge in [-0.1, -0.05) is 11.6 Å². The number of ether oxygens (including phenoxy) is 1. The van der Waals surface area contributed by atoms with Gasteiger partial charge in [-0.15, -0.1) is 0 Å². The third-order valence-electron chi connectivity index (χ3n) is 3.61. The van der Waals surface area contributed by atoms with Crippen LogP contribution in [-0.4, -0.2) is 67.4 Å². The van der Waals surface area contributed by atoms with Crippen molar-refractivity contribution in [2.75, 3.05) is 40.3 Å². The van der Waals surface area contributed by atoms with Crippen LogP contribution in [0.3, 0.4) is 0 Å². The Morgan fingerprint density at radius 3 is 2.90 bits per heavy atom. The van der Waals surface area contributed by atoms with Crippen LogP contribution in [-0.2, 0) is 0 Å². The summed E-state index contributed by atoms with van der Waals surface area (Å²) in [6.45, 7) is 3.09. The van der Waals surface area contributed by atoms with E-state index in [9.17, 15) is 5.11 Å². The molecule has 1 fully saturated rings. The van der Waals surface area contributed by atoms with Gasteiger partial charge in [0, 0.05) is 30.7 Å². The summed E-state index contributed by atoms with van der Waals surface area (Å²) in [5.74, 6) is 0.795. The second-order valence-corrected chi connectivity index (χ2v) is 7.01. The molecule has 2 unspecified atom stereocenters. The summed E-state index contributed by atoms with van der Waals surface area (Å²) in [7, 11) is 4.12. The van der Waals surface area contributed by atoms with Gasteiger partial charge in [0.25, 0.3) is 0 Å². The lowest BCUT2D eigenvalue weighted by Gasteiger charge is -2.26. The van der Waals surface area contributed by atoms with Gasteiger partial charge in [0.1, 0.15) is 12.4 Å². The van der Waals surface area contributed by atoms with E-state index in [0.29, 0.717) is 17.7 Å². The number of aliphatic hydroxyl groups excluding tert-OH is 1. The van der Waals surface area contributed by atoms with Crippen molar-refractivity contribution >= 4 is 27.5 Å². The van der Waals surface area contributed by atoms with Crippen LogP contribution in [0.15, 0.2) is 22.7 Å². The molecule has 118 valence electrons. The molecule has 1 saturated heterocycles. The normalized spacial score (nSPS) is 23.0. The number of hydrogen-bond donors (Lipinski definition) is 1. The minimum Gasteiger partial charge on any atom is -0.491 e. The van der Waals surface area contributed by atoms with Gasteiger partial charge in [-0.25, -0.2) is 0 Å². The van der Waals surface area contributed by atoms with Crippen LogP contribution in [0.25, 0.3) is 0 Å². The number of rotatable bonds is 6. The predicted molar refractivity (Wildman–Crippen MR) is 89.2 cm³/mol. The van der Waals surface area contributed by atoms with Gasteiger partial charge in [0.2, 0.25) is 0 Å². The second-order valence-electron chi connectivity index (χ2n) is 5.72. The van der Waals surface area contributed by atoms with Gasteiger partial charge in [-0.2, -0.15) is 0 Å². The van der Waals surface area contributed by atoms with Crippen LogP contribution in [0.1, 0.15) is 6.42 Å². The van der Waals surface area contributed by atoms with Gasteiger partial charge in [0.15, 0.2) is 0 Å². The Hall–Kier alpha value is -0.330. The Kier molecular flexibility index (Phi) is 6.32. The van der Waals surface area contributed by atoms with Gasteiger partial charge >= 0.3 is 0 Å². The average Bonchev–Trinajstić information content (AvgIpc) is 2.71. The molecule has 0 aliphatic carbocycles. The number of halogens is 2. The topological polar surface area (TPSA) is 35.9 Å². The minimum absolute atomic E-state index is 0.225. The van der Waals surface area contributed by atoms with E-state index in [1.807, 2.05) is 18.2 Å². The molecule has 1 aliphatic rings. The lowest BCUT2D eigenvalue weighted by Crippen LogP contribution is -2.39. The lowest BCUT2D eigenvalue weighted by molar-refractivity contribution is 0.155. The van der Waals surface area contributed by atoms with E-state index >= 15 is 0 Å². The zero-order valence-corrected chi connectivity index (χ0v) is 14.8. The van der Waals surface area contributed by atoms with Gasteiger partial charge in [0.05, 0.1) is 10.6 Å². The van der Waals surface area contributed by atoms with Crippen LogP contribution in [0, 0.1) is 0 Å². The van der Waals surface area contributed by atoms with Crippen molar-refractivity contribution in [2.45, 2.75) is 18.6 Å². The maximum Gasteiger partial charge on any atom is 0.133 e. The van der Waals surface area contributed by atoms with E-state index < -0.39 is 0 Å². The maximum absolute atomic E-state index is 9.85. The molecule has 0 bridgehead atoms. The van der Waals surface area contributed by atoms with Crippen LogP contribution in [0.2, 0.25) is 5.02 Å². The Morgan fingerprint density at radius 1 is 1.48 bits per heavy atom. The lowest BCUT2D eigenvalue weighted by atomic mass is 10.2. The van der Waals surface area contributed by atoms with Crippen molar-refractivity contribution in [1.29, 1.82) is 0 Å². The molecule has 1 heterocycles. The Bertz CT molecular complexity index is 473. The molecule has 1 aliphatic heterocycles. The van der Waals surface area contributed by atoms with E-state index in [2.05, 4.69) is 39.8 Å².